The van der Waals surface area contributed by atoms with Crippen molar-refractivity contribution in [3.8, 4) is 0 Å². The zero-order chi connectivity index (χ0) is 17.1. The molecule has 2 aromatic rings. The summed E-state index contributed by atoms with van der Waals surface area (Å²) in [5.74, 6) is -0.533. The fourth-order valence-electron chi connectivity index (χ4n) is 2.02. The summed E-state index contributed by atoms with van der Waals surface area (Å²) >= 11 is 11.7. The molecule has 1 N–H and O–H groups in total. The Bertz CT molecular complexity index is 828. The van der Waals surface area contributed by atoms with Crippen molar-refractivity contribution in [3.63, 3.8) is 0 Å². The van der Waals surface area contributed by atoms with Gasteiger partial charge in [0.15, 0.2) is 0 Å². The van der Waals surface area contributed by atoms with E-state index in [1.54, 1.807) is 0 Å². The van der Waals surface area contributed by atoms with Gasteiger partial charge >= 0.3 is 0 Å². The molecule has 2 rings (SSSR count). The Labute approximate surface area is 140 Å². The second-order valence-electron chi connectivity index (χ2n) is 4.69. The van der Waals surface area contributed by atoms with Crippen LogP contribution in [0, 0.1) is 17.0 Å². The second kappa shape index (κ2) is 6.80. The topological polar surface area (TPSA) is 94.2 Å². The molecule has 23 heavy (non-hydrogen) atoms. The first-order chi connectivity index (χ1) is 10.8. The number of nitrogens with one attached hydrogen (secondary N) is 1. The average Bonchev–Trinajstić information content (AvgIpc) is 2.41. The molecule has 9 heteroatoms. The van der Waals surface area contributed by atoms with E-state index in [0.717, 1.165) is 16.7 Å². The first kappa shape index (κ1) is 17.0. The Balaban J connectivity index is 2.25. The number of carbonyl (C=O) groups excluding carboxylic acids is 1. The van der Waals surface area contributed by atoms with Crippen LogP contribution in [0.1, 0.15) is 5.69 Å². The Hall–Kier alpha value is -2.38. The Morgan fingerprint density at radius 3 is 2.43 bits per heavy atom. The summed E-state index contributed by atoms with van der Waals surface area (Å²) in [7, 11) is 0. The minimum absolute atomic E-state index is 0.0989. The molecule has 0 saturated carbocycles. The van der Waals surface area contributed by atoms with E-state index in [2.05, 4.69) is 5.32 Å². The summed E-state index contributed by atoms with van der Waals surface area (Å²) in [4.78, 5) is 34.2. The molecule has 0 aliphatic rings. The van der Waals surface area contributed by atoms with Gasteiger partial charge < -0.3 is 5.32 Å². The molecular weight excluding hydrogens is 345 g/mol. The Morgan fingerprint density at radius 1 is 1.26 bits per heavy atom. The number of halogens is 2. The van der Waals surface area contributed by atoms with Crippen molar-refractivity contribution >= 4 is 40.5 Å². The smallest absolute Gasteiger partial charge is 0.288 e. The number of nitrogens with zero attached hydrogens (tertiary/aromatic N) is 2. The monoisotopic (exact) mass is 355 g/mol. The minimum Gasteiger partial charge on any atom is -0.324 e. The van der Waals surface area contributed by atoms with E-state index in [0.29, 0.717) is 15.7 Å². The summed E-state index contributed by atoms with van der Waals surface area (Å²) in [5.41, 5.74) is -0.277. The average molecular weight is 356 g/mol. The molecule has 1 heterocycles. The summed E-state index contributed by atoms with van der Waals surface area (Å²) in [6.07, 6.45) is 0. The number of benzene rings is 1. The SMILES string of the molecule is Cc1c([N+](=O)[O-])ccc(=O)n1CC(=O)Nc1cc(Cl)cc(Cl)c1. The van der Waals surface area contributed by atoms with Gasteiger partial charge in [0.2, 0.25) is 5.91 Å². The van der Waals surface area contributed by atoms with Crippen molar-refractivity contribution in [1.82, 2.24) is 4.57 Å². The molecule has 0 saturated heterocycles. The summed E-state index contributed by atoms with van der Waals surface area (Å²) in [6, 6.07) is 6.66. The zero-order valence-corrected chi connectivity index (χ0v) is 13.4. The van der Waals surface area contributed by atoms with Crippen LogP contribution < -0.4 is 10.9 Å². The van der Waals surface area contributed by atoms with Gasteiger partial charge in [0.05, 0.1) is 10.6 Å². The third kappa shape index (κ3) is 4.08. The fraction of sp³-hybridized carbons (Fsp3) is 0.143. The number of nitro groups is 1. The number of aromatic nitrogens is 1. The van der Waals surface area contributed by atoms with E-state index in [-0.39, 0.29) is 17.9 Å². The predicted molar refractivity (Wildman–Crippen MR) is 87.2 cm³/mol. The maximum atomic E-state index is 12.1. The number of carbonyl (C=O) groups is 1. The minimum atomic E-state index is -0.611. The van der Waals surface area contributed by atoms with Crippen LogP contribution in [0.3, 0.4) is 0 Å². The van der Waals surface area contributed by atoms with Crippen LogP contribution >= 0.6 is 23.2 Å². The molecule has 0 radical (unpaired) electrons. The van der Waals surface area contributed by atoms with Gasteiger partial charge in [0, 0.05) is 27.9 Å². The van der Waals surface area contributed by atoms with Crippen molar-refractivity contribution < 1.29 is 9.72 Å². The van der Waals surface area contributed by atoms with Crippen LogP contribution in [0.4, 0.5) is 11.4 Å². The highest BCUT2D eigenvalue weighted by molar-refractivity contribution is 6.35. The number of anilines is 1. The Kier molecular flexibility index (Phi) is 5.02. The molecule has 0 unspecified atom stereocenters. The van der Waals surface area contributed by atoms with E-state index < -0.39 is 16.4 Å². The lowest BCUT2D eigenvalue weighted by Crippen LogP contribution is -2.29. The molecule has 0 aliphatic heterocycles. The van der Waals surface area contributed by atoms with Crippen LogP contribution in [-0.4, -0.2) is 15.4 Å². The van der Waals surface area contributed by atoms with Gasteiger partial charge in [-0.1, -0.05) is 23.2 Å². The van der Waals surface area contributed by atoms with Crippen molar-refractivity contribution in [2.75, 3.05) is 5.32 Å². The van der Waals surface area contributed by atoms with Gasteiger partial charge in [-0.05, 0) is 25.1 Å². The van der Waals surface area contributed by atoms with E-state index in [1.807, 2.05) is 0 Å². The second-order valence-corrected chi connectivity index (χ2v) is 5.56. The summed E-state index contributed by atoms with van der Waals surface area (Å²) in [5, 5.41) is 14.1. The standard InChI is InChI=1S/C14H11Cl2N3O4/c1-8-12(19(22)23)2-3-14(21)18(8)7-13(20)17-11-5-9(15)4-10(16)6-11/h2-6H,7H2,1H3,(H,17,20). The highest BCUT2D eigenvalue weighted by atomic mass is 35.5. The molecule has 1 aromatic carbocycles. The van der Waals surface area contributed by atoms with Gasteiger partial charge in [-0.2, -0.15) is 0 Å². The number of amides is 1. The van der Waals surface area contributed by atoms with Crippen LogP contribution in [0.25, 0.3) is 0 Å². The number of hydrogen-bond donors (Lipinski definition) is 1. The van der Waals surface area contributed by atoms with Gasteiger partial charge in [0.25, 0.3) is 11.2 Å². The van der Waals surface area contributed by atoms with Gasteiger partial charge in [0.1, 0.15) is 6.54 Å². The highest BCUT2D eigenvalue weighted by Crippen LogP contribution is 2.22. The largest absolute Gasteiger partial charge is 0.324 e. The van der Waals surface area contributed by atoms with Crippen LogP contribution in [-0.2, 0) is 11.3 Å². The van der Waals surface area contributed by atoms with Crippen LogP contribution in [0.2, 0.25) is 10.0 Å². The van der Waals surface area contributed by atoms with Crippen molar-refractivity contribution in [1.29, 1.82) is 0 Å². The molecule has 1 aromatic heterocycles. The lowest BCUT2D eigenvalue weighted by atomic mass is 10.3. The van der Waals surface area contributed by atoms with Crippen LogP contribution in [0.5, 0.6) is 0 Å². The molecule has 0 fully saturated rings. The maximum Gasteiger partial charge on any atom is 0.288 e. The molecule has 0 spiro atoms. The fourth-order valence-corrected chi connectivity index (χ4v) is 2.55. The van der Waals surface area contributed by atoms with E-state index in [1.165, 1.54) is 25.1 Å². The Morgan fingerprint density at radius 2 is 1.87 bits per heavy atom. The molecule has 0 bridgehead atoms. The molecule has 0 atom stereocenters. The molecule has 1 amide bonds. The molecular formula is C14H11Cl2N3O4. The lowest BCUT2D eigenvalue weighted by molar-refractivity contribution is -0.386. The molecule has 7 nitrogen and oxygen atoms in total. The van der Waals surface area contributed by atoms with E-state index in [9.17, 15) is 19.7 Å². The number of hydrogen-bond acceptors (Lipinski definition) is 4. The summed E-state index contributed by atoms with van der Waals surface area (Å²) in [6.45, 7) is 1.04. The lowest BCUT2D eigenvalue weighted by Gasteiger charge is -2.10. The zero-order valence-electron chi connectivity index (χ0n) is 11.9. The van der Waals surface area contributed by atoms with E-state index >= 15 is 0 Å². The highest BCUT2D eigenvalue weighted by Gasteiger charge is 2.17. The molecule has 0 aliphatic carbocycles. The third-order valence-electron chi connectivity index (χ3n) is 3.07. The van der Waals surface area contributed by atoms with E-state index in [4.69, 9.17) is 23.2 Å². The summed E-state index contributed by atoms with van der Waals surface area (Å²) < 4.78 is 1.03. The number of pyridine rings is 1. The quantitative estimate of drug-likeness (QED) is 0.673. The predicted octanol–water partition coefficient (Wildman–Crippen LogP) is 3.01. The van der Waals surface area contributed by atoms with Crippen molar-refractivity contribution in [2.45, 2.75) is 13.5 Å². The number of rotatable bonds is 4. The molecule has 120 valence electrons. The normalized spacial score (nSPS) is 10.4. The maximum absolute atomic E-state index is 12.1. The van der Waals surface area contributed by atoms with Gasteiger partial charge in [-0.25, -0.2) is 0 Å². The third-order valence-corrected chi connectivity index (χ3v) is 3.51. The van der Waals surface area contributed by atoms with Crippen molar-refractivity contribution in [3.05, 3.63) is 66.5 Å². The van der Waals surface area contributed by atoms with Crippen LogP contribution in [0.15, 0.2) is 35.1 Å². The first-order valence-corrected chi connectivity index (χ1v) is 7.14. The first-order valence-electron chi connectivity index (χ1n) is 6.38. The van der Waals surface area contributed by atoms with Gasteiger partial charge in [-0.3, -0.25) is 24.3 Å². The van der Waals surface area contributed by atoms with Gasteiger partial charge in [-0.15, -0.1) is 0 Å². The van der Waals surface area contributed by atoms with Crippen molar-refractivity contribution in [2.24, 2.45) is 0 Å².